The average molecular weight is 399 g/mol. The van der Waals surface area contributed by atoms with Crippen LogP contribution >= 0.6 is 11.8 Å². The van der Waals surface area contributed by atoms with Crippen LogP contribution in [0.4, 0.5) is 10.2 Å². The summed E-state index contributed by atoms with van der Waals surface area (Å²) in [5.41, 5.74) is 3.74. The first-order valence-electron chi connectivity index (χ1n) is 9.28. The highest BCUT2D eigenvalue weighted by molar-refractivity contribution is 8.00. The summed E-state index contributed by atoms with van der Waals surface area (Å²) in [5, 5.41) is 0. The van der Waals surface area contributed by atoms with Gasteiger partial charge in [0, 0.05) is 5.75 Å². The molecular weight excluding hydrogens is 373 g/mol. The van der Waals surface area contributed by atoms with Crippen molar-refractivity contribution >= 4 is 23.5 Å². The van der Waals surface area contributed by atoms with Crippen LogP contribution in [0.25, 0.3) is 0 Å². The second-order valence-electron chi connectivity index (χ2n) is 7.68. The molecule has 150 valence electrons. The van der Waals surface area contributed by atoms with Crippen molar-refractivity contribution in [3.63, 3.8) is 0 Å². The summed E-state index contributed by atoms with van der Waals surface area (Å²) in [6.45, 7) is 6.66. The lowest BCUT2D eigenvalue weighted by Crippen LogP contribution is -2.35. The fourth-order valence-corrected chi connectivity index (χ4v) is 4.99. The van der Waals surface area contributed by atoms with Gasteiger partial charge in [0.05, 0.1) is 6.20 Å². The quantitative estimate of drug-likeness (QED) is 0.777. The third-order valence-corrected chi connectivity index (χ3v) is 6.52. The Hall–Kier alpha value is -1.61. The van der Waals surface area contributed by atoms with E-state index in [1.807, 2.05) is 0 Å². The van der Waals surface area contributed by atoms with Crippen LogP contribution in [-0.4, -0.2) is 32.8 Å². The molecule has 1 aliphatic carbocycles. The Balaban J connectivity index is 1.57. The van der Waals surface area contributed by atoms with Crippen LogP contribution < -0.4 is 11.4 Å². The molecule has 7 nitrogen and oxygen atoms in total. The number of nitrogen functional groups attached to an aromatic ring is 1. The fourth-order valence-electron chi connectivity index (χ4n) is 4.01. The first-order chi connectivity index (χ1) is 12.8. The van der Waals surface area contributed by atoms with E-state index in [-0.39, 0.29) is 6.10 Å². The van der Waals surface area contributed by atoms with Gasteiger partial charge in [-0.15, -0.1) is 11.8 Å². The van der Waals surface area contributed by atoms with Crippen molar-refractivity contribution < 1.29 is 18.7 Å². The number of aromatic nitrogens is 2. The van der Waals surface area contributed by atoms with Gasteiger partial charge >= 0.3 is 11.7 Å². The number of carbonyl (C=O) groups excluding carboxylic acids is 1. The van der Waals surface area contributed by atoms with Crippen LogP contribution in [0.5, 0.6) is 0 Å². The molecule has 1 saturated carbocycles. The van der Waals surface area contributed by atoms with Crippen LogP contribution in [0.1, 0.15) is 46.3 Å². The molecule has 0 spiro atoms. The van der Waals surface area contributed by atoms with Crippen molar-refractivity contribution in [3.8, 4) is 0 Å². The largest absolute Gasteiger partial charge is 0.460 e. The first-order valence-corrected chi connectivity index (χ1v) is 10.3. The molecule has 2 N–H and O–H groups in total. The van der Waals surface area contributed by atoms with Crippen LogP contribution in [0, 0.1) is 23.6 Å². The summed E-state index contributed by atoms with van der Waals surface area (Å²) in [4.78, 5) is 27.8. The number of nitrogens with zero attached hydrogens (tertiary/aromatic N) is 2. The van der Waals surface area contributed by atoms with Gasteiger partial charge < -0.3 is 15.2 Å². The van der Waals surface area contributed by atoms with E-state index in [4.69, 9.17) is 15.2 Å². The number of thioether (sulfide) groups is 1. The summed E-state index contributed by atoms with van der Waals surface area (Å²) < 4.78 is 25.9. The van der Waals surface area contributed by atoms with E-state index < -0.39 is 35.0 Å². The van der Waals surface area contributed by atoms with Gasteiger partial charge in [-0.2, -0.15) is 4.98 Å². The number of ether oxygens (including phenoxy) is 2. The Morgan fingerprint density at radius 3 is 2.89 bits per heavy atom. The van der Waals surface area contributed by atoms with Gasteiger partial charge in [0.15, 0.2) is 11.6 Å². The van der Waals surface area contributed by atoms with Gasteiger partial charge in [-0.05, 0) is 37.0 Å². The molecule has 5 atom stereocenters. The number of nitrogens with two attached hydrogens (primary N) is 1. The first kappa shape index (κ1) is 20.1. The van der Waals surface area contributed by atoms with E-state index in [2.05, 4.69) is 25.8 Å². The molecule has 3 rings (SSSR count). The van der Waals surface area contributed by atoms with Crippen molar-refractivity contribution in [2.24, 2.45) is 17.8 Å². The van der Waals surface area contributed by atoms with Crippen molar-refractivity contribution in [1.82, 2.24) is 9.55 Å². The SMILES string of the molecule is CC(C)[C@H]1CC[C@H](OC(=O)[C@@H]2O[C@H](n3cc(F)c(N)nc3=O)CS2)C[C@@H]1C. The molecule has 0 bridgehead atoms. The Labute approximate surface area is 161 Å². The molecule has 1 saturated heterocycles. The topological polar surface area (TPSA) is 96.4 Å². The number of hydrogen-bond acceptors (Lipinski definition) is 7. The zero-order chi connectivity index (χ0) is 19.7. The molecule has 9 heteroatoms. The highest BCUT2D eigenvalue weighted by Gasteiger charge is 2.37. The monoisotopic (exact) mass is 399 g/mol. The summed E-state index contributed by atoms with van der Waals surface area (Å²) in [6.07, 6.45) is 2.82. The lowest BCUT2D eigenvalue weighted by Gasteiger charge is -2.36. The Morgan fingerprint density at radius 1 is 1.48 bits per heavy atom. The molecular formula is C18H26FN3O4S. The lowest BCUT2D eigenvalue weighted by molar-refractivity contribution is -0.162. The predicted octanol–water partition coefficient (Wildman–Crippen LogP) is 2.56. The van der Waals surface area contributed by atoms with Gasteiger partial charge in [0.25, 0.3) is 0 Å². The van der Waals surface area contributed by atoms with Gasteiger partial charge in [-0.3, -0.25) is 4.57 Å². The van der Waals surface area contributed by atoms with Crippen LogP contribution in [-0.2, 0) is 14.3 Å². The standard InChI is InChI=1S/C18H26FN3O4S/c1-9(2)12-5-4-11(6-10(12)3)25-16(23)17-26-14(8-27-17)22-7-13(19)15(20)21-18(22)24/h7,9-12,14,17H,4-6,8H2,1-3H3,(H2,20,21,24)/t10-,11-,12+,14-,17+/m0/s1. The minimum Gasteiger partial charge on any atom is -0.460 e. The maximum Gasteiger partial charge on any atom is 0.351 e. The molecule has 2 fully saturated rings. The van der Waals surface area contributed by atoms with Gasteiger partial charge in [0.1, 0.15) is 12.3 Å². The normalized spacial score (nSPS) is 31.2. The summed E-state index contributed by atoms with van der Waals surface area (Å²) >= 11 is 1.23. The van der Waals surface area contributed by atoms with Crippen molar-refractivity contribution in [2.45, 2.75) is 57.8 Å². The molecule has 1 aromatic heterocycles. The van der Waals surface area contributed by atoms with E-state index in [0.717, 1.165) is 30.0 Å². The van der Waals surface area contributed by atoms with E-state index in [9.17, 15) is 14.0 Å². The molecule has 1 aromatic rings. The predicted molar refractivity (Wildman–Crippen MR) is 100 cm³/mol. The second-order valence-corrected chi connectivity index (χ2v) is 8.77. The zero-order valence-electron chi connectivity index (χ0n) is 15.8. The molecule has 0 aromatic carbocycles. The Kier molecular flexibility index (Phi) is 6.10. The minimum absolute atomic E-state index is 0.107. The molecule has 27 heavy (non-hydrogen) atoms. The maximum absolute atomic E-state index is 13.6. The second kappa shape index (κ2) is 8.18. The highest BCUT2D eigenvalue weighted by atomic mass is 32.2. The number of rotatable bonds is 4. The molecule has 0 amide bonds. The summed E-state index contributed by atoms with van der Waals surface area (Å²) in [6, 6.07) is 0. The van der Waals surface area contributed by atoms with Crippen LogP contribution in [0.2, 0.25) is 0 Å². The van der Waals surface area contributed by atoms with E-state index in [1.54, 1.807) is 0 Å². The minimum atomic E-state index is -0.833. The molecule has 1 aliphatic heterocycles. The number of halogens is 1. The summed E-state index contributed by atoms with van der Waals surface area (Å²) in [5.74, 6) is 0.401. The summed E-state index contributed by atoms with van der Waals surface area (Å²) in [7, 11) is 0. The fraction of sp³-hybridized carbons (Fsp3) is 0.722. The van der Waals surface area contributed by atoms with E-state index >= 15 is 0 Å². The molecule has 0 radical (unpaired) electrons. The Bertz CT molecular complexity index is 757. The third kappa shape index (κ3) is 4.45. The zero-order valence-corrected chi connectivity index (χ0v) is 16.6. The van der Waals surface area contributed by atoms with Gasteiger partial charge in [-0.1, -0.05) is 20.8 Å². The van der Waals surface area contributed by atoms with Gasteiger partial charge in [0.2, 0.25) is 5.44 Å². The lowest BCUT2D eigenvalue weighted by atomic mass is 9.73. The Morgan fingerprint density at radius 2 is 2.22 bits per heavy atom. The van der Waals surface area contributed by atoms with Crippen molar-refractivity contribution in [3.05, 3.63) is 22.5 Å². The van der Waals surface area contributed by atoms with Crippen LogP contribution in [0.3, 0.4) is 0 Å². The van der Waals surface area contributed by atoms with E-state index in [1.165, 1.54) is 11.8 Å². The molecule has 0 unspecified atom stereocenters. The number of hydrogen-bond donors (Lipinski definition) is 1. The third-order valence-electron chi connectivity index (χ3n) is 5.43. The van der Waals surface area contributed by atoms with Crippen molar-refractivity contribution in [1.29, 1.82) is 0 Å². The maximum atomic E-state index is 13.6. The highest BCUT2D eigenvalue weighted by Crippen LogP contribution is 2.37. The van der Waals surface area contributed by atoms with Crippen molar-refractivity contribution in [2.75, 3.05) is 11.5 Å². The van der Waals surface area contributed by atoms with Crippen LogP contribution in [0.15, 0.2) is 11.0 Å². The molecule has 2 aliphatic rings. The average Bonchev–Trinajstić information content (AvgIpc) is 3.07. The number of carbonyl (C=O) groups is 1. The van der Waals surface area contributed by atoms with Gasteiger partial charge in [-0.25, -0.2) is 14.0 Å². The molecule has 2 heterocycles. The number of esters is 1. The number of anilines is 1. The van der Waals surface area contributed by atoms with E-state index in [0.29, 0.717) is 23.5 Å². The smallest absolute Gasteiger partial charge is 0.351 e.